The van der Waals surface area contributed by atoms with Crippen LogP contribution in [0.15, 0.2) is 24.5 Å². The fourth-order valence-corrected chi connectivity index (χ4v) is 1.90. The average molecular weight is 249 g/mol. The van der Waals surface area contributed by atoms with Gasteiger partial charge in [0.25, 0.3) is 5.91 Å². The minimum Gasteiger partial charge on any atom is -0.336 e. The van der Waals surface area contributed by atoms with Gasteiger partial charge >= 0.3 is 0 Å². The van der Waals surface area contributed by atoms with E-state index in [-0.39, 0.29) is 5.91 Å². The van der Waals surface area contributed by atoms with Crippen LogP contribution in [0.4, 0.5) is 0 Å². The molecule has 2 heterocycles. The van der Waals surface area contributed by atoms with E-state index in [9.17, 15) is 4.79 Å². The van der Waals surface area contributed by atoms with Crippen LogP contribution < -0.4 is 0 Å². The number of aromatic nitrogens is 1. The molecule has 0 bridgehead atoms. The number of hydrogen-bond donors (Lipinski definition) is 0. The van der Waals surface area contributed by atoms with Crippen molar-refractivity contribution in [2.75, 3.05) is 26.7 Å². The predicted octanol–water partition coefficient (Wildman–Crippen LogP) is 1.88. The molecular formula is C14H23N3O. The molecule has 0 radical (unpaired) electrons. The van der Waals surface area contributed by atoms with Gasteiger partial charge in [-0.15, -0.1) is 0 Å². The third-order valence-electron chi connectivity index (χ3n) is 3.16. The summed E-state index contributed by atoms with van der Waals surface area (Å²) in [7, 11) is 2.09. The van der Waals surface area contributed by atoms with Gasteiger partial charge in [0.15, 0.2) is 0 Å². The molecule has 0 spiro atoms. The Morgan fingerprint density at radius 1 is 1.39 bits per heavy atom. The molecule has 1 amide bonds. The standard InChI is InChI=1S/C12H17N3O.C2H6/c1-10-9-15(7-6-14(10)2)12(16)11-4-3-5-13-8-11;1-2/h3-5,8,10H,6-7,9H2,1-2H3;1-2H3. The Labute approximate surface area is 110 Å². The molecule has 1 fully saturated rings. The summed E-state index contributed by atoms with van der Waals surface area (Å²) in [4.78, 5) is 20.3. The number of likely N-dealkylation sites (N-methyl/N-ethyl adjacent to an activating group) is 1. The van der Waals surface area contributed by atoms with Crippen LogP contribution in [0.1, 0.15) is 31.1 Å². The number of amides is 1. The normalized spacial score (nSPS) is 20.0. The Kier molecular flexibility index (Phi) is 5.78. The molecule has 100 valence electrons. The molecule has 2 rings (SSSR count). The van der Waals surface area contributed by atoms with Crippen LogP contribution in [-0.2, 0) is 0 Å². The van der Waals surface area contributed by atoms with Gasteiger partial charge in [0.2, 0.25) is 0 Å². The van der Waals surface area contributed by atoms with E-state index in [1.807, 2.05) is 24.8 Å². The van der Waals surface area contributed by atoms with Crippen molar-refractivity contribution < 1.29 is 4.79 Å². The first-order chi connectivity index (χ1) is 8.68. The number of nitrogens with zero attached hydrogens (tertiary/aromatic N) is 3. The van der Waals surface area contributed by atoms with Gasteiger partial charge in [-0.1, -0.05) is 13.8 Å². The van der Waals surface area contributed by atoms with Gasteiger partial charge in [-0.3, -0.25) is 9.78 Å². The lowest BCUT2D eigenvalue weighted by atomic mass is 10.1. The number of rotatable bonds is 1. The second-order valence-electron chi connectivity index (χ2n) is 4.32. The number of carbonyl (C=O) groups excluding carboxylic acids is 1. The zero-order valence-corrected chi connectivity index (χ0v) is 11.8. The van der Waals surface area contributed by atoms with E-state index in [1.54, 1.807) is 18.5 Å². The fraction of sp³-hybridized carbons (Fsp3) is 0.571. The SMILES string of the molecule is CC.CC1CN(C(=O)c2cccnc2)CCN1C. The molecular weight excluding hydrogens is 226 g/mol. The highest BCUT2D eigenvalue weighted by Gasteiger charge is 2.24. The van der Waals surface area contributed by atoms with Crippen LogP contribution in [0.5, 0.6) is 0 Å². The van der Waals surface area contributed by atoms with Crippen LogP contribution in [0.3, 0.4) is 0 Å². The van der Waals surface area contributed by atoms with E-state index in [0.29, 0.717) is 11.6 Å². The molecule has 4 nitrogen and oxygen atoms in total. The van der Waals surface area contributed by atoms with E-state index in [2.05, 4.69) is 23.9 Å². The average Bonchev–Trinajstić information content (AvgIpc) is 2.44. The lowest BCUT2D eigenvalue weighted by Crippen LogP contribution is -2.52. The molecule has 1 aromatic rings. The van der Waals surface area contributed by atoms with E-state index in [0.717, 1.165) is 19.6 Å². The third kappa shape index (κ3) is 3.53. The molecule has 0 aromatic carbocycles. The monoisotopic (exact) mass is 249 g/mol. The number of piperazine rings is 1. The summed E-state index contributed by atoms with van der Waals surface area (Å²) >= 11 is 0. The smallest absolute Gasteiger partial charge is 0.255 e. The van der Waals surface area contributed by atoms with Gasteiger partial charge in [-0.05, 0) is 26.1 Å². The van der Waals surface area contributed by atoms with Crippen LogP contribution in [0.25, 0.3) is 0 Å². The summed E-state index contributed by atoms with van der Waals surface area (Å²) in [6, 6.07) is 4.04. The van der Waals surface area contributed by atoms with Crippen molar-refractivity contribution >= 4 is 5.91 Å². The highest BCUT2D eigenvalue weighted by atomic mass is 16.2. The van der Waals surface area contributed by atoms with Gasteiger partial charge in [0.1, 0.15) is 0 Å². The van der Waals surface area contributed by atoms with Crippen molar-refractivity contribution in [2.24, 2.45) is 0 Å². The first-order valence-electron chi connectivity index (χ1n) is 6.58. The predicted molar refractivity (Wildman–Crippen MR) is 73.6 cm³/mol. The maximum Gasteiger partial charge on any atom is 0.255 e. The third-order valence-corrected chi connectivity index (χ3v) is 3.16. The van der Waals surface area contributed by atoms with Crippen molar-refractivity contribution in [3.05, 3.63) is 30.1 Å². The van der Waals surface area contributed by atoms with Gasteiger partial charge in [-0.2, -0.15) is 0 Å². The summed E-state index contributed by atoms with van der Waals surface area (Å²) in [5, 5.41) is 0. The largest absolute Gasteiger partial charge is 0.336 e. The fourth-order valence-electron chi connectivity index (χ4n) is 1.90. The number of carbonyl (C=O) groups is 1. The Morgan fingerprint density at radius 2 is 2.11 bits per heavy atom. The first-order valence-corrected chi connectivity index (χ1v) is 6.58. The highest BCUT2D eigenvalue weighted by Crippen LogP contribution is 2.10. The summed E-state index contributed by atoms with van der Waals surface area (Å²) in [5.74, 6) is 0.0908. The quantitative estimate of drug-likeness (QED) is 0.762. The number of pyridine rings is 1. The molecule has 0 saturated carbocycles. The highest BCUT2D eigenvalue weighted by molar-refractivity contribution is 5.93. The molecule has 1 aromatic heterocycles. The second kappa shape index (κ2) is 7.11. The molecule has 0 N–H and O–H groups in total. The molecule has 4 heteroatoms. The topological polar surface area (TPSA) is 36.4 Å². The van der Waals surface area contributed by atoms with Crippen molar-refractivity contribution in [3.63, 3.8) is 0 Å². The van der Waals surface area contributed by atoms with E-state index >= 15 is 0 Å². The molecule has 1 unspecified atom stereocenters. The van der Waals surface area contributed by atoms with Crippen LogP contribution in [-0.4, -0.2) is 53.4 Å². The van der Waals surface area contributed by atoms with Crippen molar-refractivity contribution in [3.8, 4) is 0 Å². The van der Waals surface area contributed by atoms with Crippen LogP contribution in [0.2, 0.25) is 0 Å². The zero-order valence-electron chi connectivity index (χ0n) is 11.8. The molecule has 1 aliphatic heterocycles. The Bertz CT molecular complexity index is 367. The van der Waals surface area contributed by atoms with Gasteiger partial charge < -0.3 is 9.80 Å². The summed E-state index contributed by atoms with van der Waals surface area (Å²) in [6.45, 7) is 8.68. The van der Waals surface area contributed by atoms with Gasteiger partial charge in [-0.25, -0.2) is 0 Å². The summed E-state index contributed by atoms with van der Waals surface area (Å²) < 4.78 is 0. The minimum absolute atomic E-state index is 0.0908. The Morgan fingerprint density at radius 3 is 2.67 bits per heavy atom. The van der Waals surface area contributed by atoms with Crippen molar-refractivity contribution in [1.82, 2.24) is 14.8 Å². The Hall–Kier alpha value is -1.42. The molecule has 1 atom stereocenters. The van der Waals surface area contributed by atoms with E-state index < -0.39 is 0 Å². The first kappa shape index (κ1) is 14.6. The van der Waals surface area contributed by atoms with Crippen LogP contribution in [0, 0.1) is 0 Å². The lowest BCUT2D eigenvalue weighted by Gasteiger charge is -2.37. The molecule has 18 heavy (non-hydrogen) atoms. The van der Waals surface area contributed by atoms with Crippen molar-refractivity contribution in [2.45, 2.75) is 26.8 Å². The van der Waals surface area contributed by atoms with E-state index in [1.165, 1.54) is 0 Å². The molecule has 1 aliphatic rings. The minimum atomic E-state index is 0.0908. The maximum absolute atomic E-state index is 12.1. The van der Waals surface area contributed by atoms with E-state index in [4.69, 9.17) is 0 Å². The second-order valence-corrected chi connectivity index (χ2v) is 4.32. The molecule has 1 saturated heterocycles. The number of hydrogen-bond acceptors (Lipinski definition) is 3. The maximum atomic E-state index is 12.1. The zero-order chi connectivity index (χ0) is 13.5. The van der Waals surface area contributed by atoms with Crippen LogP contribution >= 0.6 is 0 Å². The lowest BCUT2D eigenvalue weighted by molar-refractivity contribution is 0.0572. The molecule has 0 aliphatic carbocycles. The van der Waals surface area contributed by atoms with Gasteiger partial charge in [0, 0.05) is 38.1 Å². The Balaban J connectivity index is 0.000000771. The van der Waals surface area contributed by atoms with Crippen molar-refractivity contribution in [1.29, 1.82) is 0 Å². The van der Waals surface area contributed by atoms with Gasteiger partial charge in [0.05, 0.1) is 5.56 Å². The summed E-state index contributed by atoms with van der Waals surface area (Å²) in [5.41, 5.74) is 0.680. The summed E-state index contributed by atoms with van der Waals surface area (Å²) in [6.07, 6.45) is 3.31.